The number of halogens is 3. The Balaban J connectivity index is 0.000000751. The molecule has 0 saturated carbocycles. The summed E-state index contributed by atoms with van der Waals surface area (Å²) in [4.78, 5) is 0. The van der Waals surface area contributed by atoms with E-state index < -0.39 is 63.0 Å². The topological polar surface area (TPSA) is 55.4 Å². The molecule has 236 valence electrons. The van der Waals surface area contributed by atoms with Crippen molar-refractivity contribution in [2.24, 2.45) is 0 Å². The molecule has 0 aromatic carbocycles. The van der Waals surface area contributed by atoms with Crippen molar-refractivity contribution in [1.29, 1.82) is 0 Å². The zero-order chi connectivity index (χ0) is 31.0. The fraction of sp³-hybridized carbons (Fsp3) is 1.00. The second-order valence-corrected chi connectivity index (χ2v) is 40.4. The zero-order valence-electron chi connectivity index (χ0n) is 27.3. The van der Waals surface area contributed by atoms with Crippen molar-refractivity contribution >= 4 is 50.4 Å². The molecule has 1 saturated heterocycles. The Labute approximate surface area is 244 Å². The first-order valence-electron chi connectivity index (χ1n) is 14.2. The van der Waals surface area contributed by atoms with Gasteiger partial charge in [-0.3, -0.25) is 0 Å². The summed E-state index contributed by atoms with van der Waals surface area (Å²) in [7, 11) is -11.8. The molecular formula is C24H59F3O6Si6. The van der Waals surface area contributed by atoms with E-state index in [1.165, 1.54) is 0 Å². The first-order chi connectivity index (χ1) is 17.1. The quantitative estimate of drug-likeness (QED) is 0.128. The van der Waals surface area contributed by atoms with Gasteiger partial charge >= 0.3 is 23.3 Å². The minimum Gasteiger partial charge on any atom is -0.437 e. The summed E-state index contributed by atoms with van der Waals surface area (Å²) in [6.07, 6.45) is -1.78. The fourth-order valence-corrected chi connectivity index (χ4v) is 29.5. The van der Waals surface area contributed by atoms with Crippen LogP contribution in [0.25, 0.3) is 0 Å². The number of hydrogen-bond acceptors (Lipinski definition) is 6. The fourth-order valence-electron chi connectivity index (χ4n) is 4.49. The molecule has 0 aromatic heterocycles. The second-order valence-electron chi connectivity index (χ2n) is 14.7. The molecule has 0 spiro atoms. The van der Waals surface area contributed by atoms with Crippen LogP contribution in [0.3, 0.4) is 0 Å². The van der Waals surface area contributed by atoms with Gasteiger partial charge in [-0.15, -0.1) is 0 Å². The first-order valence-corrected chi connectivity index (χ1v) is 32.9. The molecule has 1 fully saturated rings. The van der Waals surface area contributed by atoms with Crippen molar-refractivity contribution < 1.29 is 39.1 Å². The van der Waals surface area contributed by atoms with Gasteiger partial charge in [0.15, 0.2) is 39.6 Å². The molecule has 0 aliphatic carbocycles. The van der Waals surface area contributed by atoms with Gasteiger partial charge in [0.1, 0.15) is 0 Å². The predicted molar refractivity (Wildman–Crippen MR) is 171 cm³/mol. The van der Waals surface area contributed by atoms with Gasteiger partial charge in [-0.2, -0.15) is 13.2 Å². The smallest absolute Gasteiger partial charge is 0.389 e. The van der Waals surface area contributed by atoms with E-state index in [9.17, 15) is 13.2 Å². The van der Waals surface area contributed by atoms with Crippen molar-refractivity contribution in [3.63, 3.8) is 0 Å². The van der Waals surface area contributed by atoms with Gasteiger partial charge < -0.3 is 25.9 Å². The monoisotopic (exact) mass is 668 g/mol. The van der Waals surface area contributed by atoms with Crippen LogP contribution >= 0.6 is 0 Å². The van der Waals surface area contributed by atoms with Crippen LogP contribution in [0, 0.1) is 0 Å². The Morgan fingerprint density at radius 2 is 1.03 bits per heavy atom. The van der Waals surface area contributed by atoms with Crippen molar-refractivity contribution in [2.75, 3.05) is 13.2 Å². The third-order valence-corrected chi connectivity index (χ3v) is 24.0. The molecule has 1 aliphatic rings. The molecule has 6 nitrogen and oxygen atoms in total. The van der Waals surface area contributed by atoms with Crippen LogP contribution in [0.4, 0.5) is 13.2 Å². The van der Waals surface area contributed by atoms with E-state index in [4.69, 9.17) is 25.9 Å². The maximum atomic E-state index is 12.4. The lowest BCUT2D eigenvalue weighted by molar-refractivity contribution is -0.131. The molecule has 15 heteroatoms. The van der Waals surface area contributed by atoms with E-state index in [1.54, 1.807) is 6.55 Å². The summed E-state index contributed by atoms with van der Waals surface area (Å²) in [6, 6.07) is 0.999. The van der Waals surface area contributed by atoms with Crippen LogP contribution in [0.5, 0.6) is 0 Å². The van der Waals surface area contributed by atoms with Crippen LogP contribution in [0.15, 0.2) is 0 Å². The maximum absolute atomic E-state index is 12.4. The minimum absolute atomic E-state index is 0.00889. The van der Waals surface area contributed by atoms with E-state index in [0.29, 0.717) is 0 Å². The Kier molecular flexibility index (Phi) is 15.9. The normalized spacial score (nSPS) is 18.2. The van der Waals surface area contributed by atoms with Crippen molar-refractivity contribution in [1.82, 2.24) is 0 Å². The van der Waals surface area contributed by atoms with Gasteiger partial charge in [-0.25, -0.2) is 0 Å². The lowest BCUT2D eigenvalue weighted by Gasteiger charge is -2.38. The lowest BCUT2D eigenvalue weighted by atomic mass is 10.4. The summed E-state index contributed by atoms with van der Waals surface area (Å²) in [6.45, 7) is 31.0. The van der Waals surface area contributed by atoms with Crippen molar-refractivity contribution in [3.8, 4) is 0 Å². The molecule has 1 unspecified atom stereocenters. The highest BCUT2D eigenvalue weighted by Gasteiger charge is 2.43. The molecule has 1 heterocycles. The summed E-state index contributed by atoms with van der Waals surface area (Å²) >= 11 is 0. The summed E-state index contributed by atoms with van der Waals surface area (Å²) < 4.78 is 73.3. The third-order valence-electron chi connectivity index (χ3n) is 4.92. The number of rotatable bonds is 15. The molecular weight excluding hydrogens is 610 g/mol. The van der Waals surface area contributed by atoms with Gasteiger partial charge in [0.05, 0.1) is 0 Å². The van der Waals surface area contributed by atoms with Crippen LogP contribution < -0.4 is 0 Å². The maximum Gasteiger partial charge on any atom is 0.389 e. The zero-order valence-corrected chi connectivity index (χ0v) is 33.3. The van der Waals surface area contributed by atoms with E-state index in [1.807, 2.05) is 39.3 Å². The van der Waals surface area contributed by atoms with E-state index in [2.05, 4.69) is 45.8 Å². The molecule has 1 rings (SSSR count). The highest BCUT2D eigenvalue weighted by atomic mass is 28.5. The third kappa shape index (κ3) is 24.0. The second kappa shape index (κ2) is 15.5. The van der Waals surface area contributed by atoms with Gasteiger partial charge in [0.25, 0.3) is 0 Å². The van der Waals surface area contributed by atoms with Gasteiger partial charge in [0, 0.05) is 26.1 Å². The number of ether oxygens (including phenoxy) is 2. The van der Waals surface area contributed by atoms with E-state index in [-0.39, 0.29) is 12.3 Å². The van der Waals surface area contributed by atoms with Crippen molar-refractivity contribution in [3.05, 3.63) is 0 Å². The Morgan fingerprint density at radius 1 is 0.641 bits per heavy atom. The number of alkyl halides is 3. The molecule has 1 atom stereocenters. The summed E-state index contributed by atoms with van der Waals surface area (Å²) in [5.41, 5.74) is 0. The predicted octanol–water partition coefficient (Wildman–Crippen LogP) is 9.02. The van der Waals surface area contributed by atoms with Crippen LogP contribution in [-0.2, 0) is 25.9 Å². The molecule has 0 aromatic rings. The van der Waals surface area contributed by atoms with Crippen LogP contribution in [0.2, 0.25) is 104 Å². The standard InChI is InChI=1S/C14H34O4Si3.C10H25F3O2Si3/c1-19(2,3)17-21(7,18-20(4,5)6)13-9-12-16-14-10-8-11-15-14;1-16(2,3)14-18(7,15-17(4,5)6)9-8-10(11,12)13/h14H,8-13H2,1-7H3;8-9H2,1-7H3. The molecule has 0 N–H and O–H groups in total. The van der Waals surface area contributed by atoms with Crippen LogP contribution in [-0.4, -0.2) is 76.1 Å². The highest BCUT2D eigenvalue weighted by Crippen LogP contribution is 2.31. The summed E-state index contributed by atoms with van der Waals surface area (Å²) in [5.74, 6) is 0. The van der Waals surface area contributed by atoms with E-state index >= 15 is 0 Å². The van der Waals surface area contributed by atoms with Crippen LogP contribution in [0.1, 0.15) is 25.7 Å². The largest absolute Gasteiger partial charge is 0.437 e. The molecule has 0 amide bonds. The van der Waals surface area contributed by atoms with E-state index in [0.717, 1.165) is 38.5 Å². The Bertz CT molecular complexity index is 665. The van der Waals surface area contributed by atoms with Gasteiger partial charge in [0.2, 0.25) is 0 Å². The molecule has 39 heavy (non-hydrogen) atoms. The average molecular weight is 669 g/mol. The van der Waals surface area contributed by atoms with Crippen molar-refractivity contribution in [2.45, 2.75) is 142 Å². The SMILES string of the molecule is C[Si](C)(C)O[Si](C)(CCC(F)(F)F)O[Si](C)(C)C.C[Si](C)(C)O[Si](C)(CCCOC1CCCO1)O[Si](C)(C)C. The lowest BCUT2D eigenvalue weighted by Crippen LogP contribution is -2.52. The summed E-state index contributed by atoms with van der Waals surface area (Å²) in [5, 5.41) is 0. The molecule has 0 bridgehead atoms. The first kappa shape index (κ1) is 39.9. The van der Waals surface area contributed by atoms with Gasteiger partial charge in [-0.05, 0) is 117 Å². The Morgan fingerprint density at radius 3 is 1.33 bits per heavy atom. The minimum atomic E-state index is -4.14. The Hall–Kier alpha value is 0.851. The average Bonchev–Trinajstić information content (AvgIpc) is 3.11. The highest BCUT2D eigenvalue weighted by molar-refractivity contribution is 6.88. The number of hydrogen-bond donors (Lipinski definition) is 0. The van der Waals surface area contributed by atoms with Gasteiger partial charge in [-0.1, -0.05) is 0 Å². The molecule has 0 radical (unpaired) electrons. The molecule has 1 aliphatic heterocycles.